The molecule has 0 aliphatic rings. The Hall–Kier alpha value is -2.70. The number of ether oxygens (including phenoxy) is 1. The fraction of sp³-hybridized carbons (Fsp3) is 0.235. The second kappa shape index (κ2) is 7.72. The molecule has 0 atom stereocenters. The SMILES string of the molecule is Cc1cccc(NC(N)=NCc2ccccc2OCC(F)(F)F)c1. The molecule has 0 fully saturated rings. The van der Waals surface area contributed by atoms with Gasteiger partial charge >= 0.3 is 6.18 Å². The molecule has 7 heteroatoms. The molecule has 0 unspecified atom stereocenters. The Labute approximate surface area is 138 Å². The predicted octanol–water partition coefficient (Wildman–Crippen LogP) is 3.86. The van der Waals surface area contributed by atoms with Crippen molar-refractivity contribution in [3.8, 4) is 5.75 Å². The lowest BCUT2D eigenvalue weighted by Crippen LogP contribution is -2.23. The van der Waals surface area contributed by atoms with Crippen LogP contribution in [0.3, 0.4) is 0 Å². The van der Waals surface area contributed by atoms with Gasteiger partial charge < -0.3 is 15.8 Å². The van der Waals surface area contributed by atoms with E-state index in [1.807, 2.05) is 31.2 Å². The molecular weight excluding hydrogens is 319 g/mol. The number of para-hydroxylation sites is 1. The number of rotatable bonds is 5. The fourth-order valence-electron chi connectivity index (χ4n) is 2.02. The zero-order chi connectivity index (χ0) is 17.6. The minimum absolute atomic E-state index is 0.110. The van der Waals surface area contributed by atoms with Gasteiger partial charge in [0.25, 0.3) is 0 Å². The molecule has 2 rings (SSSR count). The highest BCUT2D eigenvalue weighted by atomic mass is 19.4. The number of hydrogen-bond acceptors (Lipinski definition) is 2. The van der Waals surface area contributed by atoms with E-state index in [0.29, 0.717) is 5.56 Å². The van der Waals surface area contributed by atoms with Crippen LogP contribution < -0.4 is 15.8 Å². The summed E-state index contributed by atoms with van der Waals surface area (Å²) in [6.45, 7) is 0.718. The third-order valence-corrected chi connectivity index (χ3v) is 3.07. The van der Waals surface area contributed by atoms with Gasteiger partial charge in [-0.3, -0.25) is 0 Å². The number of halogens is 3. The zero-order valence-electron chi connectivity index (χ0n) is 13.1. The molecular formula is C17H18F3N3O. The van der Waals surface area contributed by atoms with E-state index in [1.165, 1.54) is 6.07 Å². The lowest BCUT2D eigenvalue weighted by Gasteiger charge is -2.12. The van der Waals surface area contributed by atoms with Crippen LogP contribution in [-0.4, -0.2) is 18.7 Å². The Morgan fingerprint density at radius 1 is 1.17 bits per heavy atom. The number of alkyl halides is 3. The van der Waals surface area contributed by atoms with Gasteiger partial charge in [-0.15, -0.1) is 0 Å². The molecule has 0 amide bonds. The molecule has 0 aromatic heterocycles. The van der Waals surface area contributed by atoms with E-state index in [1.54, 1.807) is 18.2 Å². The standard InChI is InChI=1S/C17H18F3N3O/c1-12-5-4-7-14(9-12)23-16(21)22-10-13-6-2-3-8-15(13)24-11-17(18,19)20/h2-9H,10-11H2,1H3,(H3,21,22,23). The number of nitrogens with two attached hydrogens (primary N) is 1. The maximum absolute atomic E-state index is 12.3. The summed E-state index contributed by atoms with van der Waals surface area (Å²) < 4.78 is 41.7. The molecule has 0 saturated heterocycles. The molecule has 0 saturated carbocycles. The van der Waals surface area contributed by atoms with Crippen LogP contribution in [0.1, 0.15) is 11.1 Å². The number of guanidine groups is 1. The second-order valence-corrected chi connectivity index (χ2v) is 5.21. The Morgan fingerprint density at radius 3 is 2.62 bits per heavy atom. The molecule has 0 bridgehead atoms. The van der Waals surface area contributed by atoms with E-state index >= 15 is 0 Å². The molecule has 0 aliphatic heterocycles. The van der Waals surface area contributed by atoms with Gasteiger partial charge in [0, 0.05) is 11.3 Å². The molecule has 0 aliphatic carbocycles. The highest BCUT2D eigenvalue weighted by Crippen LogP contribution is 2.22. The summed E-state index contributed by atoms with van der Waals surface area (Å²) in [4.78, 5) is 4.15. The van der Waals surface area contributed by atoms with Gasteiger partial charge in [-0.25, -0.2) is 4.99 Å². The van der Waals surface area contributed by atoms with Crippen LogP contribution >= 0.6 is 0 Å². The highest BCUT2D eigenvalue weighted by Gasteiger charge is 2.28. The maximum Gasteiger partial charge on any atom is 0.422 e. The van der Waals surface area contributed by atoms with E-state index in [9.17, 15) is 13.2 Å². The fourth-order valence-corrected chi connectivity index (χ4v) is 2.02. The van der Waals surface area contributed by atoms with Crippen molar-refractivity contribution in [2.75, 3.05) is 11.9 Å². The number of anilines is 1. The van der Waals surface area contributed by atoms with Gasteiger partial charge in [0.15, 0.2) is 12.6 Å². The largest absolute Gasteiger partial charge is 0.484 e. The zero-order valence-corrected chi connectivity index (χ0v) is 13.1. The Morgan fingerprint density at radius 2 is 1.92 bits per heavy atom. The molecule has 24 heavy (non-hydrogen) atoms. The Kier molecular flexibility index (Phi) is 5.68. The normalized spacial score (nSPS) is 12.1. The average Bonchev–Trinajstić information content (AvgIpc) is 2.51. The van der Waals surface area contributed by atoms with Gasteiger partial charge in [0.05, 0.1) is 6.54 Å². The van der Waals surface area contributed by atoms with Crippen molar-refractivity contribution in [3.63, 3.8) is 0 Å². The summed E-state index contributed by atoms with van der Waals surface area (Å²) in [5.41, 5.74) is 8.20. The van der Waals surface area contributed by atoms with Gasteiger partial charge in [-0.1, -0.05) is 30.3 Å². The first-order valence-corrected chi connectivity index (χ1v) is 7.24. The summed E-state index contributed by atoms with van der Waals surface area (Å²) in [5, 5.41) is 2.94. The highest BCUT2D eigenvalue weighted by molar-refractivity contribution is 5.92. The topological polar surface area (TPSA) is 59.6 Å². The number of nitrogens with one attached hydrogen (secondary N) is 1. The summed E-state index contributed by atoms with van der Waals surface area (Å²) in [6, 6.07) is 14.0. The van der Waals surface area contributed by atoms with Gasteiger partial charge in [-0.2, -0.15) is 13.2 Å². The Balaban J connectivity index is 2.02. The quantitative estimate of drug-likeness (QED) is 0.643. The summed E-state index contributed by atoms with van der Waals surface area (Å²) in [7, 11) is 0. The average molecular weight is 337 g/mol. The number of nitrogens with zero attached hydrogens (tertiary/aromatic N) is 1. The van der Waals surface area contributed by atoms with Crippen molar-refractivity contribution in [2.24, 2.45) is 10.7 Å². The van der Waals surface area contributed by atoms with Crippen molar-refractivity contribution in [3.05, 3.63) is 59.7 Å². The van der Waals surface area contributed by atoms with Crippen LogP contribution in [0.15, 0.2) is 53.5 Å². The summed E-state index contributed by atoms with van der Waals surface area (Å²) in [6.07, 6.45) is -4.39. The van der Waals surface area contributed by atoms with Crippen LogP contribution in [0.5, 0.6) is 5.75 Å². The molecule has 2 aromatic rings. The first-order valence-electron chi connectivity index (χ1n) is 7.24. The molecule has 3 N–H and O–H groups in total. The summed E-state index contributed by atoms with van der Waals surface area (Å²) in [5.74, 6) is 0.313. The molecule has 4 nitrogen and oxygen atoms in total. The minimum Gasteiger partial charge on any atom is -0.484 e. The molecule has 128 valence electrons. The number of aryl methyl sites for hydroxylation is 1. The van der Waals surface area contributed by atoms with Crippen LogP contribution in [0.25, 0.3) is 0 Å². The second-order valence-electron chi connectivity index (χ2n) is 5.21. The van der Waals surface area contributed by atoms with E-state index in [-0.39, 0.29) is 18.3 Å². The minimum atomic E-state index is -4.39. The lowest BCUT2D eigenvalue weighted by atomic mass is 10.2. The van der Waals surface area contributed by atoms with E-state index < -0.39 is 12.8 Å². The first kappa shape index (κ1) is 17.7. The summed E-state index contributed by atoms with van der Waals surface area (Å²) >= 11 is 0. The molecule has 0 radical (unpaired) electrons. The van der Waals surface area contributed by atoms with Crippen molar-refractivity contribution < 1.29 is 17.9 Å². The predicted molar refractivity (Wildman–Crippen MR) is 88.1 cm³/mol. The van der Waals surface area contributed by atoms with Crippen molar-refractivity contribution in [1.82, 2.24) is 0 Å². The monoisotopic (exact) mass is 337 g/mol. The molecule has 2 aromatic carbocycles. The number of aliphatic imine (C=N–C) groups is 1. The van der Waals surface area contributed by atoms with Crippen molar-refractivity contribution in [2.45, 2.75) is 19.6 Å². The van der Waals surface area contributed by atoms with Crippen LogP contribution in [0.4, 0.5) is 18.9 Å². The van der Waals surface area contributed by atoms with Gasteiger partial charge in [0.1, 0.15) is 5.75 Å². The van der Waals surface area contributed by atoms with Gasteiger partial charge in [-0.05, 0) is 30.7 Å². The third-order valence-electron chi connectivity index (χ3n) is 3.07. The molecule has 0 spiro atoms. The van der Waals surface area contributed by atoms with E-state index in [0.717, 1.165) is 11.3 Å². The number of hydrogen-bond donors (Lipinski definition) is 2. The van der Waals surface area contributed by atoms with E-state index in [4.69, 9.17) is 10.5 Å². The van der Waals surface area contributed by atoms with Crippen molar-refractivity contribution >= 4 is 11.6 Å². The van der Waals surface area contributed by atoms with Crippen LogP contribution in [0, 0.1) is 6.92 Å². The Bertz CT molecular complexity index is 714. The first-order chi connectivity index (χ1) is 11.3. The van der Waals surface area contributed by atoms with Crippen molar-refractivity contribution in [1.29, 1.82) is 0 Å². The third kappa shape index (κ3) is 5.83. The van der Waals surface area contributed by atoms with Gasteiger partial charge in [0.2, 0.25) is 0 Å². The maximum atomic E-state index is 12.3. The van der Waals surface area contributed by atoms with Crippen LogP contribution in [-0.2, 0) is 6.54 Å². The smallest absolute Gasteiger partial charge is 0.422 e. The van der Waals surface area contributed by atoms with E-state index in [2.05, 4.69) is 10.3 Å². The van der Waals surface area contributed by atoms with Crippen LogP contribution in [0.2, 0.25) is 0 Å². The number of benzene rings is 2. The lowest BCUT2D eigenvalue weighted by molar-refractivity contribution is -0.153. The molecule has 0 heterocycles.